The number of aryl methyl sites for hydroxylation is 2. The minimum absolute atomic E-state index is 0. The quantitative estimate of drug-likeness (QED) is 0.331. The second-order valence-corrected chi connectivity index (χ2v) is 7.41. The maximum Gasteiger partial charge on any atom is 1.00 e. The first-order valence-electron chi connectivity index (χ1n) is 9.76. The summed E-state index contributed by atoms with van der Waals surface area (Å²) in [5.74, 6) is -3.60. The van der Waals surface area contributed by atoms with E-state index in [1.807, 2.05) is 0 Å². The Labute approximate surface area is 243 Å². The predicted octanol–water partition coefficient (Wildman–Crippen LogP) is -4.28. The Bertz CT molecular complexity index is 1280. The zero-order chi connectivity index (χ0) is 24.3. The predicted molar refractivity (Wildman–Crippen MR) is 112 cm³/mol. The van der Waals surface area contributed by atoms with Crippen LogP contribution >= 0.6 is 0 Å². The number of anilines is 1. The summed E-state index contributed by atoms with van der Waals surface area (Å²) in [5.41, 5.74) is -0.0508. The van der Waals surface area contributed by atoms with Crippen LogP contribution in [0, 0.1) is 18.6 Å². The van der Waals surface area contributed by atoms with Crippen LogP contribution in [0.1, 0.15) is 23.6 Å². The molecule has 0 unspecified atom stereocenters. The van der Waals surface area contributed by atoms with E-state index in [2.05, 4.69) is 10.6 Å². The van der Waals surface area contributed by atoms with Crippen LogP contribution in [0.3, 0.4) is 0 Å². The molecule has 0 saturated carbocycles. The number of nitrogens with one attached hydrogen (secondary N) is 2. The van der Waals surface area contributed by atoms with Crippen molar-refractivity contribution in [2.45, 2.75) is 19.4 Å². The number of carbonyl (C=O) groups is 2. The van der Waals surface area contributed by atoms with Crippen molar-refractivity contribution in [3.8, 4) is 16.9 Å². The molecule has 0 fully saturated rings. The molecule has 172 valence electrons. The van der Waals surface area contributed by atoms with E-state index in [1.165, 1.54) is 50.5 Å². The molecule has 2 amide bonds. The summed E-state index contributed by atoms with van der Waals surface area (Å²) in [6, 6.07) is 6.99. The number of nitrogens with zero attached hydrogens (tertiary/aromatic N) is 1. The van der Waals surface area contributed by atoms with E-state index in [1.54, 1.807) is 0 Å². The van der Waals surface area contributed by atoms with E-state index >= 15 is 0 Å². The number of amides is 2. The Balaban J connectivity index is 0.00000306. The Morgan fingerprint density at radius 2 is 1.71 bits per heavy atom. The van der Waals surface area contributed by atoms with Crippen molar-refractivity contribution in [1.82, 2.24) is 9.88 Å². The molecule has 3 rings (SSSR count). The smallest absolute Gasteiger partial charge is 0.871 e. The largest absolute Gasteiger partial charge is 1.00 e. The Morgan fingerprint density at radius 3 is 2.29 bits per heavy atom. The number of carboxylic acid groups (broad SMARTS) is 1. The average molecular weight is 501 g/mol. The van der Waals surface area contributed by atoms with Gasteiger partial charge >= 0.3 is 65.1 Å². The number of halogens is 2. The van der Waals surface area contributed by atoms with Crippen LogP contribution in [0.4, 0.5) is 19.3 Å². The summed E-state index contributed by atoms with van der Waals surface area (Å²) in [7, 11) is 1.42. The van der Waals surface area contributed by atoms with Gasteiger partial charge in [-0.2, -0.15) is 0 Å². The van der Waals surface area contributed by atoms with Crippen molar-refractivity contribution in [2.24, 2.45) is 7.05 Å². The Hall–Kier alpha value is -2.21. The second kappa shape index (κ2) is 13.2. The summed E-state index contributed by atoms with van der Waals surface area (Å²) in [6.07, 6.45) is 0.728. The fraction of sp³-hybridized carbons (Fsp3) is 0.174. The first-order valence-corrected chi connectivity index (χ1v) is 9.76. The monoisotopic (exact) mass is 501 g/mol. The zero-order valence-corrected chi connectivity index (χ0v) is 23.6. The maximum absolute atomic E-state index is 14.0. The van der Waals surface area contributed by atoms with Crippen molar-refractivity contribution in [3.63, 3.8) is 0 Å². The van der Waals surface area contributed by atoms with E-state index in [0.717, 1.165) is 16.7 Å². The van der Waals surface area contributed by atoms with E-state index in [0.29, 0.717) is 11.1 Å². The number of pyridine rings is 1. The summed E-state index contributed by atoms with van der Waals surface area (Å²) in [5, 5.41) is 28.0. The molecule has 8 nitrogen and oxygen atoms in total. The summed E-state index contributed by atoms with van der Waals surface area (Å²) in [4.78, 5) is 35.9. The van der Waals surface area contributed by atoms with Gasteiger partial charge in [0.1, 0.15) is 17.3 Å². The van der Waals surface area contributed by atoms with Crippen molar-refractivity contribution < 1.29 is 87.7 Å². The van der Waals surface area contributed by atoms with Gasteiger partial charge in [-0.05, 0) is 35.7 Å². The van der Waals surface area contributed by atoms with Gasteiger partial charge in [0, 0.05) is 37.3 Å². The number of carboxylic acids is 1. The van der Waals surface area contributed by atoms with Gasteiger partial charge in [0.25, 0.3) is 5.56 Å². The number of benzene rings is 2. The van der Waals surface area contributed by atoms with Gasteiger partial charge in [0.15, 0.2) is 0 Å². The molecule has 12 heteroatoms. The third-order valence-corrected chi connectivity index (χ3v) is 4.98. The number of hydrogen-bond acceptors (Lipinski definition) is 5. The SMILES string of the molecule is Cc1cn(C)c(=O)c(NC(=O)N[C@@H](CC(=O)[O-])c2ccc(-c3ccc(F)cc3F)cc2)c1[O-].[Na+].[Na+]. The summed E-state index contributed by atoms with van der Waals surface area (Å²) < 4.78 is 28.3. The van der Waals surface area contributed by atoms with Crippen LogP contribution in [-0.4, -0.2) is 16.6 Å². The number of rotatable bonds is 6. The summed E-state index contributed by atoms with van der Waals surface area (Å²) >= 11 is 0. The third kappa shape index (κ3) is 7.63. The second-order valence-electron chi connectivity index (χ2n) is 7.41. The van der Waals surface area contributed by atoms with Gasteiger partial charge in [-0.3, -0.25) is 4.79 Å². The molecule has 1 aromatic heterocycles. The van der Waals surface area contributed by atoms with E-state index in [9.17, 15) is 33.4 Å². The number of urea groups is 1. The Kier molecular flexibility index (Phi) is 11.6. The molecule has 0 aliphatic heterocycles. The standard InChI is InChI=1S/C23H21F2N3O5.2Na/c1-12-11-28(2)22(32)20(21(12)31)27-23(33)26-18(10-19(29)30)14-5-3-13(4-6-14)16-8-7-15(24)9-17(16)25;;/h3-9,11,18,31H,10H2,1-2H3,(H,29,30)(H2,26,27,33);;/q;2*+1/p-2/t18-;;/m0../s1. The molecule has 0 aliphatic rings. The third-order valence-electron chi connectivity index (χ3n) is 4.98. The van der Waals surface area contributed by atoms with Crippen LogP contribution in [0.15, 0.2) is 53.5 Å². The number of aromatic nitrogens is 1. The molecule has 0 saturated heterocycles. The summed E-state index contributed by atoms with van der Waals surface area (Å²) in [6.45, 7) is 1.48. The molecule has 35 heavy (non-hydrogen) atoms. The molecule has 3 aromatic rings. The zero-order valence-electron chi connectivity index (χ0n) is 19.6. The number of aliphatic carboxylic acids is 1. The van der Waals surface area contributed by atoms with E-state index < -0.39 is 53.1 Å². The molecule has 2 aromatic carbocycles. The molecular weight excluding hydrogens is 482 g/mol. The minimum Gasteiger partial charge on any atom is -0.871 e. The van der Waals surface area contributed by atoms with Crippen LogP contribution in [0.5, 0.6) is 5.75 Å². The minimum atomic E-state index is -1.45. The van der Waals surface area contributed by atoms with Crippen LogP contribution in [0.2, 0.25) is 0 Å². The van der Waals surface area contributed by atoms with Crippen molar-refractivity contribution in [2.75, 3.05) is 5.32 Å². The van der Waals surface area contributed by atoms with Crippen LogP contribution in [-0.2, 0) is 11.8 Å². The van der Waals surface area contributed by atoms with Crippen molar-refractivity contribution >= 4 is 17.7 Å². The van der Waals surface area contributed by atoms with Crippen LogP contribution in [0.25, 0.3) is 11.1 Å². The molecule has 0 spiro atoms. The van der Waals surface area contributed by atoms with E-state index in [-0.39, 0.29) is 70.2 Å². The molecule has 1 atom stereocenters. The molecular formula is C23H19F2N3Na2O5. The first-order chi connectivity index (χ1) is 15.6. The van der Waals surface area contributed by atoms with Gasteiger partial charge in [-0.15, -0.1) is 0 Å². The van der Waals surface area contributed by atoms with Gasteiger partial charge in [-0.25, -0.2) is 13.6 Å². The van der Waals surface area contributed by atoms with Gasteiger partial charge in [-0.1, -0.05) is 30.0 Å². The van der Waals surface area contributed by atoms with Crippen molar-refractivity contribution in [1.29, 1.82) is 0 Å². The molecule has 2 N–H and O–H groups in total. The van der Waals surface area contributed by atoms with Crippen molar-refractivity contribution in [3.05, 3.63) is 81.8 Å². The molecule has 1 heterocycles. The van der Waals surface area contributed by atoms with Crippen LogP contribution < -0.4 is 85.5 Å². The molecule has 0 aliphatic carbocycles. The fourth-order valence-electron chi connectivity index (χ4n) is 3.33. The molecule has 0 bridgehead atoms. The van der Waals surface area contributed by atoms with Gasteiger partial charge in [0.2, 0.25) is 0 Å². The number of carbonyl (C=O) groups excluding carboxylic acids is 2. The average Bonchev–Trinajstić information content (AvgIpc) is 2.75. The maximum atomic E-state index is 14.0. The normalized spacial score (nSPS) is 11.0. The number of hydrogen-bond donors (Lipinski definition) is 2. The molecule has 0 radical (unpaired) electrons. The first kappa shape index (κ1) is 30.8. The van der Waals surface area contributed by atoms with Gasteiger partial charge in [0.05, 0.1) is 6.04 Å². The Morgan fingerprint density at radius 1 is 1.09 bits per heavy atom. The van der Waals surface area contributed by atoms with Gasteiger partial charge < -0.3 is 30.2 Å². The fourth-order valence-corrected chi connectivity index (χ4v) is 3.33. The topological polar surface area (TPSA) is 126 Å². The van der Waals surface area contributed by atoms with E-state index in [4.69, 9.17) is 0 Å².